The molecule has 1 aromatic carbocycles. The Morgan fingerprint density at radius 1 is 1.22 bits per heavy atom. The van der Waals surface area contributed by atoms with E-state index in [1.807, 2.05) is 30.5 Å². The van der Waals surface area contributed by atoms with E-state index in [2.05, 4.69) is 27.5 Å². The highest BCUT2D eigenvalue weighted by molar-refractivity contribution is 14.0. The number of ether oxygens (including phenoxy) is 2. The van der Waals surface area contributed by atoms with Crippen LogP contribution in [0.25, 0.3) is 0 Å². The maximum absolute atomic E-state index is 5.73. The van der Waals surface area contributed by atoms with Gasteiger partial charge in [-0.2, -0.15) is 0 Å². The normalized spacial score (nSPS) is 10.9. The van der Waals surface area contributed by atoms with E-state index in [0.717, 1.165) is 54.8 Å². The van der Waals surface area contributed by atoms with Crippen LogP contribution in [0.3, 0.4) is 0 Å². The highest BCUT2D eigenvalue weighted by Crippen LogP contribution is 2.18. The van der Waals surface area contributed by atoms with E-state index >= 15 is 0 Å². The van der Waals surface area contributed by atoms with Crippen LogP contribution in [0.15, 0.2) is 35.5 Å². The summed E-state index contributed by atoms with van der Waals surface area (Å²) in [5, 5.41) is 7.78. The molecule has 8 heteroatoms. The molecule has 1 aromatic heterocycles. The standard InChI is InChI=1S/C19H28N4O2S.HI/c1-4-17-14-23-18(26-17)9-11-22-19(20-2)21-10-6-12-25-16-8-5-7-15(13-16)24-3;/h5,7-8,13-14H,4,6,9-12H2,1-3H3,(H2,20,21,22);1H. The lowest BCUT2D eigenvalue weighted by molar-refractivity contribution is 0.308. The zero-order valence-electron chi connectivity index (χ0n) is 16.2. The SMILES string of the molecule is CCc1cnc(CCNC(=NC)NCCCOc2cccc(OC)c2)s1.I. The fourth-order valence-corrected chi connectivity index (χ4v) is 3.16. The Morgan fingerprint density at radius 2 is 2.00 bits per heavy atom. The van der Waals surface area contributed by atoms with Gasteiger partial charge in [-0.3, -0.25) is 4.99 Å². The summed E-state index contributed by atoms with van der Waals surface area (Å²) in [4.78, 5) is 10.0. The molecule has 2 N–H and O–H groups in total. The summed E-state index contributed by atoms with van der Waals surface area (Å²) in [7, 11) is 3.43. The third kappa shape index (κ3) is 8.79. The van der Waals surface area contributed by atoms with Crippen molar-refractivity contribution in [3.63, 3.8) is 0 Å². The molecule has 150 valence electrons. The second-order valence-electron chi connectivity index (χ2n) is 5.63. The number of guanidine groups is 1. The number of methoxy groups -OCH3 is 1. The van der Waals surface area contributed by atoms with Crippen molar-refractivity contribution in [3.8, 4) is 11.5 Å². The maximum Gasteiger partial charge on any atom is 0.190 e. The average Bonchev–Trinajstić information content (AvgIpc) is 3.14. The molecule has 0 amide bonds. The van der Waals surface area contributed by atoms with Crippen molar-refractivity contribution in [3.05, 3.63) is 40.3 Å². The van der Waals surface area contributed by atoms with Crippen molar-refractivity contribution in [2.45, 2.75) is 26.2 Å². The molecule has 1 heterocycles. The minimum atomic E-state index is 0. The van der Waals surface area contributed by atoms with Crippen LogP contribution >= 0.6 is 35.3 Å². The molecule has 0 unspecified atom stereocenters. The Labute approximate surface area is 182 Å². The fourth-order valence-electron chi connectivity index (χ4n) is 2.30. The number of aryl methyl sites for hydroxylation is 1. The van der Waals surface area contributed by atoms with E-state index in [-0.39, 0.29) is 24.0 Å². The first-order valence-electron chi connectivity index (χ1n) is 8.90. The van der Waals surface area contributed by atoms with Crippen molar-refractivity contribution in [2.24, 2.45) is 4.99 Å². The van der Waals surface area contributed by atoms with Crippen LogP contribution in [0.5, 0.6) is 11.5 Å². The van der Waals surface area contributed by atoms with E-state index in [0.29, 0.717) is 6.61 Å². The van der Waals surface area contributed by atoms with Crippen LogP contribution in [0.1, 0.15) is 23.2 Å². The predicted molar refractivity (Wildman–Crippen MR) is 123 cm³/mol. The minimum Gasteiger partial charge on any atom is -0.497 e. The zero-order chi connectivity index (χ0) is 18.6. The molecule has 27 heavy (non-hydrogen) atoms. The van der Waals surface area contributed by atoms with E-state index in [1.54, 1.807) is 25.5 Å². The molecular formula is C19H29IN4O2S. The van der Waals surface area contributed by atoms with Crippen LogP contribution in [-0.4, -0.2) is 44.8 Å². The van der Waals surface area contributed by atoms with Crippen LogP contribution < -0.4 is 20.1 Å². The lowest BCUT2D eigenvalue weighted by atomic mass is 10.3. The molecule has 0 aliphatic carbocycles. The Balaban J connectivity index is 0.00000364. The molecule has 0 bridgehead atoms. The van der Waals surface area contributed by atoms with Crippen molar-refractivity contribution in [1.29, 1.82) is 0 Å². The monoisotopic (exact) mass is 504 g/mol. The summed E-state index contributed by atoms with van der Waals surface area (Å²) in [5.41, 5.74) is 0. The van der Waals surface area contributed by atoms with E-state index < -0.39 is 0 Å². The molecule has 0 saturated carbocycles. The molecule has 0 atom stereocenters. The third-order valence-electron chi connectivity index (χ3n) is 3.73. The second-order valence-corrected chi connectivity index (χ2v) is 6.83. The Morgan fingerprint density at radius 3 is 2.70 bits per heavy atom. The third-order valence-corrected chi connectivity index (χ3v) is 4.93. The lowest BCUT2D eigenvalue weighted by Crippen LogP contribution is -2.39. The first-order chi connectivity index (χ1) is 12.7. The Hall–Kier alpha value is -1.55. The van der Waals surface area contributed by atoms with Gasteiger partial charge in [0.2, 0.25) is 0 Å². The minimum absolute atomic E-state index is 0. The van der Waals surface area contributed by atoms with Gasteiger partial charge in [-0.1, -0.05) is 13.0 Å². The van der Waals surface area contributed by atoms with Gasteiger partial charge in [0.25, 0.3) is 0 Å². The highest BCUT2D eigenvalue weighted by atomic mass is 127. The Bertz CT molecular complexity index is 694. The summed E-state index contributed by atoms with van der Waals surface area (Å²) in [6, 6.07) is 7.64. The summed E-state index contributed by atoms with van der Waals surface area (Å²) in [6.45, 7) is 4.40. The van der Waals surface area contributed by atoms with Crippen LogP contribution in [-0.2, 0) is 12.8 Å². The van der Waals surface area contributed by atoms with Crippen molar-refractivity contribution < 1.29 is 9.47 Å². The number of aromatic nitrogens is 1. The zero-order valence-corrected chi connectivity index (χ0v) is 19.3. The van der Waals surface area contributed by atoms with Gasteiger partial charge in [-0.05, 0) is 25.0 Å². The van der Waals surface area contributed by atoms with Crippen molar-refractivity contribution in [2.75, 3.05) is 33.9 Å². The quantitative estimate of drug-likeness (QED) is 0.225. The molecule has 0 aliphatic rings. The number of nitrogens with zero attached hydrogens (tertiary/aromatic N) is 2. The Kier molecular flexibility index (Phi) is 11.8. The van der Waals surface area contributed by atoms with Gasteiger partial charge in [0.1, 0.15) is 11.5 Å². The van der Waals surface area contributed by atoms with Gasteiger partial charge in [0, 0.05) is 43.7 Å². The van der Waals surface area contributed by atoms with Gasteiger partial charge in [-0.25, -0.2) is 4.98 Å². The van der Waals surface area contributed by atoms with Gasteiger partial charge >= 0.3 is 0 Å². The molecule has 2 rings (SSSR count). The summed E-state index contributed by atoms with van der Waals surface area (Å²) in [6.07, 6.45) is 4.80. The topological polar surface area (TPSA) is 67.8 Å². The smallest absolute Gasteiger partial charge is 0.190 e. The molecule has 0 fully saturated rings. The van der Waals surface area contributed by atoms with Gasteiger partial charge in [0.15, 0.2) is 5.96 Å². The maximum atomic E-state index is 5.73. The lowest BCUT2D eigenvalue weighted by Gasteiger charge is -2.12. The van der Waals surface area contributed by atoms with E-state index in [4.69, 9.17) is 9.47 Å². The van der Waals surface area contributed by atoms with E-state index in [1.165, 1.54) is 4.88 Å². The molecule has 0 spiro atoms. The van der Waals surface area contributed by atoms with Crippen molar-refractivity contribution >= 4 is 41.3 Å². The number of nitrogens with one attached hydrogen (secondary N) is 2. The van der Waals surface area contributed by atoms with Gasteiger partial charge < -0.3 is 20.1 Å². The van der Waals surface area contributed by atoms with Gasteiger partial charge in [0.05, 0.1) is 18.7 Å². The van der Waals surface area contributed by atoms with Crippen LogP contribution in [0.4, 0.5) is 0 Å². The average molecular weight is 504 g/mol. The molecule has 2 aromatic rings. The van der Waals surface area contributed by atoms with E-state index in [9.17, 15) is 0 Å². The highest BCUT2D eigenvalue weighted by Gasteiger charge is 2.02. The van der Waals surface area contributed by atoms with Gasteiger partial charge in [-0.15, -0.1) is 35.3 Å². The fraction of sp³-hybridized carbons (Fsp3) is 0.474. The molecule has 0 aliphatic heterocycles. The summed E-state index contributed by atoms with van der Waals surface area (Å²) in [5.74, 6) is 2.43. The summed E-state index contributed by atoms with van der Waals surface area (Å²) >= 11 is 1.78. The number of benzene rings is 1. The molecule has 6 nitrogen and oxygen atoms in total. The van der Waals surface area contributed by atoms with Crippen molar-refractivity contribution in [1.82, 2.24) is 15.6 Å². The number of hydrogen-bond acceptors (Lipinski definition) is 5. The first kappa shape index (κ1) is 23.5. The number of rotatable bonds is 10. The van der Waals surface area contributed by atoms with Crippen LogP contribution in [0, 0.1) is 0 Å². The second kappa shape index (κ2) is 13.6. The first-order valence-corrected chi connectivity index (χ1v) is 9.71. The number of aliphatic imine (C=N–C) groups is 1. The number of halogens is 1. The molecule has 0 saturated heterocycles. The molecule has 0 radical (unpaired) electrons. The largest absolute Gasteiger partial charge is 0.497 e. The number of thiazole rings is 1. The molecular weight excluding hydrogens is 475 g/mol. The predicted octanol–water partition coefficient (Wildman–Crippen LogP) is 3.51. The van der Waals surface area contributed by atoms with Crippen LogP contribution in [0.2, 0.25) is 0 Å². The summed E-state index contributed by atoms with van der Waals surface area (Å²) < 4.78 is 10.9. The number of hydrogen-bond donors (Lipinski definition) is 2.